The van der Waals surface area contributed by atoms with E-state index >= 15 is 0 Å². The number of benzene rings is 2. The first kappa shape index (κ1) is 22.0. The van der Waals surface area contributed by atoms with Crippen LogP contribution in [0.4, 0.5) is 5.69 Å². The SMILES string of the molecule is CCOC(=O)C1C(=N)N(c2cccc(C)c2)C(C)=C(C(C)=O)C1c1ccc(C#N)cc1. The molecule has 0 radical (unpaired) electrons. The summed E-state index contributed by atoms with van der Waals surface area (Å²) in [6, 6.07) is 16.5. The molecule has 2 aromatic rings. The number of aryl methyl sites for hydroxylation is 1. The van der Waals surface area contributed by atoms with Crippen LogP contribution in [0, 0.1) is 29.6 Å². The molecule has 0 aromatic heterocycles. The van der Waals surface area contributed by atoms with Gasteiger partial charge >= 0.3 is 5.97 Å². The van der Waals surface area contributed by atoms with E-state index in [-0.39, 0.29) is 18.2 Å². The highest BCUT2D eigenvalue weighted by Crippen LogP contribution is 2.43. The van der Waals surface area contributed by atoms with E-state index in [2.05, 4.69) is 6.07 Å². The quantitative estimate of drug-likeness (QED) is 0.726. The Morgan fingerprint density at radius 1 is 1.16 bits per heavy atom. The van der Waals surface area contributed by atoms with Crippen molar-refractivity contribution in [2.24, 2.45) is 5.92 Å². The first-order chi connectivity index (χ1) is 14.8. The molecule has 0 fully saturated rings. The zero-order valence-corrected chi connectivity index (χ0v) is 18.1. The third-order valence-electron chi connectivity index (χ3n) is 5.48. The molecule has 6 nitrogen and oxygen atoms in total. The average Bonchev–Trinajstić information content (AvgIpc) is 2.73. The fourth-order valence-corrected chi connectivity index (χ4v) is 4.17. The molecule has 0 amide bonds. The molecule has 1 N–H and O–H groups in total. The predicted octanol–water partition coefficient (Wildman–Crippen LogP) is 4.49. The van der Waals surface area contributed by atoms with Gasteiger partial charge in [-0.05, 0) is 63.1 Å². The second kappa shape index (κ2) is 8.97. The average molecular weight is 415 g/mol. The van der Waals surface area contributed by atoms with Crippen LogP contribution in [-0.4, -0.2) is 24.2 Å². The van der Waals surface area contributed by atoms with Crippen LogP contribution in [-0.2, 0) is 14.3 Å². The lowest BCUT2D eigenvalue weighted by Crippen LogP contribution is -2.48. The van der Waals surface area contributed by atoms with Crippen molar-refractivity contribution in [3.05, 3.63) is 76.5 Å². The molecule has 2 atom stereocenters. The van der Waals surface area contributed by atoms with Gasteiger partial charge in [-0.15, -0.1) is 0 Å². The smallest absolute Gasteiger partial charge is 0.317 e. The molecule has 3 rings (SSSR count). The van der Waals surface area contributed by atoms with Gasteiger partial charge < -0.3 is 9.64 Å². The Bertz CT molecular complexity index is 1110. The first-order valence-corrected chi connectivity index (χ1v) is 10.1. The van der Waals surface area contributed by atoms with Crippen molar-refractivity contribution in [2.75, 3.05) is 11.5 Å². The molecule has 1 aliphatic heterocycles. The number of hydrogen-bond donors (Lipinski definition) is 1. The zero-order valence-electron chi connectivity index (χ0n) is 18.1. The van der Waals surface area contributed by atoms with Gasteiger partial charge in [-0.3, -0.25) is 15.0 Å². The number of carbonyl (C=O) groups is 2. The molecule has 2 unspecified atom stereocenters. The molecule has 0 saturated carbocycles. The highest BCUT2D eigenvalue weighted by atomic mass is 16.5. The minimum absolute atomic E-state index is 0.0564. The second-order valence-corrected chi connectivity index (χ2v) is 7.56. The van der Waals surface area contributed by atoms with E-state index in [9.17, 15) is 9.59 Å². The summed E-state index contributed by atoms with van der Waals surface area (Å²) in [4.78, 5) is 27.5. The van der Waals surface area contributed by atoms with E-state index in [1.807, 2.05) is 31.2 Å². The number of allylic oxidation sites excluding steroid dienone is 2. The largest absolute Gasteiger partial charge is 0.465 e. The molecule has 31 heavy (non-hydrogen) atoms. The number of amidine groups is 1. The van der Waals surface area contributed by atoms with Gasteiger partial charge in [-0.1, -0.05) is 24.3 Å². The molecular weight excluding hydrogens is 390 g/mol. The van der Waals surface area contributed by atoms with Crippen molar-refractivity contribution in [3.8, 4) is 6.07 Å². The standard InChI is InChI=1S/C25H25N3O3/c1-5-31-25(30)23-22(19-11-9-18(14-26)10-12-19)21(17(4)29)16(3)28(24(23)27)20-8-6-7-15(2)13-20/h6-13,22-23,27H,5H2,1-4H3. The van der Waals surface area contributed by atoms with Crippen molar-refractivity contribution < 1.29 is 14.3 Å². The van der Waals surface area contributed by atoms with Gasteiger partial charge in [0, 0.05) is 22.9 Å². The van der Waals surface area contributed by atoms with Gasteiger partial charge in [0.2, 0.25) is 0 Å². The topological polar surface area (TPSA) is 94.2 Å². The number of esters is 1. The van der Waals surface area contributed by atoms with Crippen molar-refractivity contribution >= 4 is 23.3 Å². The maximum Gasteiger partial charge on any atom is 0.317 e. The Kier molecular flexibility index (Phi) is 6.36. The van der Waals surface area contributed by atoms with Gasteiger partial charge in [0.25, 0.3) is 0 Å². The Morgan fingerprint density at radius 2 is 1.84 bits per heavy atom. The number of rotatable bonds is 5. The van der Waals surface area contributed by atoms with E-state index in [1.54, 1.807) is 43.0 Å². The van der Waals surface area contributed by atoms with Crippen LogP contribution in [0.3, 0.4) is 0 Å². The zero-order chi connectivity index (χ0) is 22.7. The number of ether oxygens (including phenoxy) is 1. The minimum Gasteiger partial charge on any atom is -0.465 e. The van der Waals surface area contributed by atoms with Gasteiger partial charge in [-0.2, -0.15) is 5.26 Å². The van der Waals surface area contributed by atoms with Crippen LogP contribution in [0.2, 0.25) is 0 Å². The minimum atomic E-state index is -0.990. The number of nitrogens with one attached hydrogen (secondary N) is 1. The van der Waals surface area contributed by atoms with E-state index in [0.29, 0.717) is 28.1 Å². The summed E-state index contributed by atoms with van der Waals surface area (Å²) < 4.78 is 5.33. The highest BCUT2D eigenvalue weighted by molar-refractivity contribution is 6.15. The third kappa shape index (κ3) is 4.13. The number of carbonyl (C=O) groups excluding carboxylic acids is 2. The molecule has 0 bridgehead atoms. The van der Waals surface area contributed by atoms with Crippen LogP contribution < -0.4 is 4.90 Å². The Morgan fingerprint density at radius 3 is 2.39 bits per heavy atom. The molecule has 1 aliphatic rings. The van der Waals surface area contributed by atoms with Crippen molar-refractivity contribution in [3.63, 3.8) is 0 Å². The summed E-state index contributed by atoms with van der Waals surface area (Å²) in [7, 11) is 0. The maximum absolute atomic E-state index is 13.1. The van der Waals surface area contributed by atoms with Crippen molar-refractivity contribution in [1.82, 2.24) is 0 Å². The fraction of sp³-hybridized carbons (Fsp3) is 0.280. The fourth-order valence-electron chi connectivity index (χ4n) is 4.17. The van der Waals surface area contributed by atoms with E-state index < -0.39 is 17.8 Å². The Hall–Kier alpha value is -3.72. The molecular formula is C25H25N3O3. The van der Waals surface area contributed by atoms with Gasteiger partial charge in [0.1, 0.15) is 11.8 Å². The lowest BCUT2D eigenvalue weighted by Gasteiger charge is -2.41. The number of nitriles is 1. The molecule has 0 spiro atoms. The normalized spacial score (nSPS) is 18.5. The van der Waals surface area contributed by atoms with E-state index in [4.69, 9.17) is 15.4 Å². The van der Waals surface area contributed by atoms with Crippen LogP contribution in [0.25, 0.3) is 0 Å². The molecule has 2 aromatic carbocycles. The van der Waals surface area contributed by atoms with Gasteiger partial charge in [0.15, 0.2) is 5.78 Å². The highest BCUT2D eigenvalue weighted by Gasteiger charge is 2.46. The van der Waals surface area contributed by atoms with Crippen LogP contribution in [0.15, 0.2) is 59.8 Å². The summed E-state index contributed by atoms with van der Waals surface area (Å²) >= 11 is 0. The first-order valence-electron chi connectivity index (χ1n) is 10.1. The second-order valence-electron chi connectivity index (χ2n) is 7.56. The molecule has 6 heteroatoms. The summed E-state index contributed by atoms with van der Waals surface area (Å²) in [6.45, 7) is 7.11. The van der Waals surface area contributed by atoms with Gasteiger partial charge in [0.05, 0.1) is 18.2 Å². The molecule has 1 heterocycles. The lowest BCUT2D eigenvalue weighted by molar-refractivity contribution is -0.146. The number of Topliss-reactive ketones (excluding diaryl/α,β-unsaturated/α-hetero) is 1. The van der Waals surface area contributed by atoms with E-state index in [1.165, 1.54) is 6.92 Å². The molecule has 158 valence electrons. The molecule has 0 aliphatic carbocycles. The summed E-state index contributed by atoms with van der Waals surface area (Å²) in [5, 5.41) is 18.1. The van der Waals surface area contributed by atoms with Crippen LogP contribution in [0.1, 0.15) is 43.4 Å². The van der Waals surface area contributed by atoms with Crippen molar-refractivity contribution in [1.29, 1.82) is 10.7 Å². The van der Waals surface area contributed by atoms with Crippen LogP contribution >= 0.6 is 0 Å². The number of anilines is 1. The Labute approximate surface area is 182 Å². The maximum atomic E-state index is 13.1. The summed E-state index contributed by atoms with van der Waals surface area (Å²) in [5.74, 6) is -2.33. The lowest BCUT2D eigenvalue weighted by atomic mass is 9.74. The molecule has 0 saturated heterocycles. The van der Waals surface area contributed by atoms with Gasteiger partial charge in [-0.25, -0.2) is 0 Å². The predicted molar refractivity (Wildman–Crippen MR) is 119 cm³/mol. The number of nitrogens with zero attached hydrogens (tertiary/aromatic N) is 2. The monoisotopic (exact) mass is 415 g/mol. The summed E-state index contributed by atoms with van der Waals surface area (Å²) in [6.07, 6.45) is 0. The van der Waals surface area contributed by atoms with Crippen LogP contribution in [0.5, 0.6) is 0 Å². The van der Waals surface area contributed by atoms with E-state index in [0.717, 1.165) is 5.56 Å². The summed E-state index contributed by atoms with van der Waals surface area (Å²) in [5.41, 5.74) is 3.96. The number of ketones is 1. The Balaban J connectivity index is 2.27. The van der Waals surface area contributed by atoms with Crippen molar-refractivity contribution in [2.45, 2.75) is 33.6 Å². The number of hydrogen-bond acceptors (Lipinski definition) is 5. The third-order valence-corrected chi connectivity index (χ3v) is 5.48.